The maximum absolute atomic E-state index is 12.6. The van der Waals surface area contributed by atoms with Crippen molar-refractivity contribution in [3.8, 4) is 11.8 Å². The van der Waals surface area contributed by atoms with Gasteiger partial charge in [-0.25, -0.2) is 0 Å². The molecule has 1 N–H and O–H groups in total. The number of ether oxygens (including phenoxy) is 1. The van der Waals surface area contributed by atoms with Gasteiger partial charge in [-0.3, -0.25) is 10.1 Å². The number of nitrogens with zero attached hydrogens (tertiary/aromatic N) is 2. The van der Waals surface area contributed by atoms with Crippen LogP contribution in [-0.2, 0) is 6.42 Å². The molecule has 7 heteroatoms. The number of nitrogens with one attached hydrogen (secondary N) is 1. The molecule has 140 valence electrons. The van der Waals surface area contributed by atoms with Gasteiger partial charge < -0.3 is 9.64 Å². The summed E-state index contributed by atoms with van der Waals surface area (Å²) in [6.07, 6.45) is 1.09. The number of hydrogen-bond acceptors (Lipinski definition) is 4. The Kier molecular flexibility index (Phi) is 8.24. The molecule has 1 amide bonds. The third-order valence-corrected chi connectivity index (χ3v) is 4.77. The summed E-state index contributed by atoms with van der Waals surface area (Å²) in [7, 11) is 1.51. The molecule has 0 aromatic heterocycles. The van der Waals surface area contributed by atoms with Gasteiger partial charge in [0.15, 0.2) is 5.11 Å². The van der Waals surface area contributed by atoms with Crippen LogP contribution in [0.1, 0.15) is 22.3 Å². The summed E-state index contributed by atoms with van der Waals surface area (Å²) in [6, 6.07) is 17.3. The number of nitriles is 1. The monoisotopic (exact) mass is 445 g/mol. The average molecular weight is 446 g/mol. The van der Waals surface area contributed by atoms with E-state index in [4.69, 9.17) is 22.2 Å². The predicted octanol–water partition coefficient (Wildman–Crippen LogP) is 3.93. The van der Waals surface area contributed by atoms with Gasteiger partial charge in [0.05, 0.1) is 25.2 Å². The Bertz CT molecular complexity index is 837. The number of thiocarbonyl (C=S) groups is 1. The van der Waals surface area contributed by atoms with Crippen LogP contribution in [-0.4, -0.2) is 36.1 Å². The summed E-state index contributed by atoms with van der Waals surface area (Å²) in [6.45, 7) is 1.07. The molecule has 5 nitrogen and oxygen atoms in total. The number of rotatable bonds is 7. The molecule has 0 saturated heterocycles. The molecule has 0 unspecified atom stereocenters. The fraction of sp³-hybridized carbons (Fsp3) is 0.250. The SMILES string of the molecule is COc1ccc(Br)cc1C(=O)NC(=S)N(CCC#N)CCc1ccccc1. The van der Waals surface area contributed by atoms with Crippen molar-refractivity contribution in [2.75, 3.05) is 20.2 Å². The molecule has 0 heterocycles. The lowest BCUT2D eigenvalue weighted by Gasteiger charge is -2.24. The number of hydrogen-bond donors (Lipinski definition) is 1. The minimum Gasteiger partial charge on any atom is -0.496 e. The van der Waals surface area contributed by atoms with Crippen molar-refractivity contribution < 1.29 is 9.53 Å². The molecule has 0 fully saturated rings. The van der Waals surface area contributed by atoms with E-state index in [0.717, 1.165) is 10.9 Å². The normalized spacial score (nSPS) is 9.96. The van der Waals surface area contributed by atoms with E-state index in [1.165, 1.54) is 12.7 Å². The second kappa shape index (κ2) is 10.7. The van der Waals surface area contributed by atoms with E-state index < -0.39 is 0 Å². The maximum atomic E-state index is 12.6. The smallest absolute Gasteiger partial charge is 0.261 e. The minimum atomic E-state index is -0.347. The van der Waals surface area contributed by atoms with Gasteiger partial charge in [0, 0.05) is 17.6 Å². The van der Waals surface area contributed by atoms with Gasteiger partial charge in [-0.15, -0.1) is 0 Å². The molecular weight excluding hydrogens is 426 g/mol. The topological polar surface area (TPSA) is 65.4 Å². The van der Waals surface area contributed by atoms with Gasteiger partial charge in [-0.1, -0.05) is 46.3 Å². The Labute approximate surface area is 173 Å². The van der Waals surface area contributed by atoms with Gasteiger partial charge in [-0.2, -0.15) is 5.26 Å². The summed E-state index contributed by atoms with van der Waals surface area (Å²) in [4.78, 5) is 14.5. The van der Waals surface area contributed by atoms with Crippen LogP contribution in [0.15, 0.2) is 53.0 Å². The summed E-state index contributed by atoms with van der Waals surface area (Å²) in [5.41, 5.74) is 1.56. The van der Waals surface area contributed by atoms with Crippen LogP contribution < -0.4 is 10.1 Å². The Morgan fingerprint density at radius 2 is 2.00 bits per heavy atom. The van der Waals surface area contributed by atoms with Gasteiger partial charge >= 0.3 is 0 Å². The highest BCUT2D eigenvalue weighted by Crippen LogP contribution is 2.22. The molecule has 0 aliphatic carbocycles. The van der Waals surface area contributed by atoms with Crippen molar-refractivity contribution in [3.63, 3.8) is 0 Å². The van der Waals surface area contributed by atoms with E-state index >= 15 is 0 Å². The van der Waals surface area contributed by atoms with E-state index in [9.17, 15) is 4.79 Å². The first kappa shape index (κ1) is 20.9. The van der Waals surface area contributed by atoms with Crippen molar-refractivity contribution in [2.45, 2.75) is 12.8 Å². The molecule has 0 spiro atoms. The van der Waals surface area contributed by atoms with Crippen LogP contribution >= 0.6 is 28.1 Å². The zero-order valence-electron chi connectivity index (χ0n) is 14.9. The predicted molar refractivity (Wildman–Crippen MR) is 113 cm³/mol. The van der Waals surface area contributed by atoms with Gasteiger partial charge in [0.25, 0.3) is 5.91 Å². The Balaban J connectivity index is 2.07. The zero-order valence-corrected chi connectivity index (χ0v) is 17.3. The van der Waals surface area contributed by atoms with Gasteiger partial charge in [-0.05, 0) is 42.4 Å². The highest BCUT2D eigenvalue weighted by molar-refractivity contribution is 9.10. The lowest BCUT2D eigenvalue weighted by atomic mass is 10.1. The lowest BCUT2D eigenvalue weighted by Crippen LogP contribution is -2.44. The van der Waals surface area contributed by atoms with Crippen molar-refractivity contribution in [1.29, 1.82) is 5.26 Å². The number of methoxy groups -OCH3 is 1. The molecule has 27 heavy (non-hydrogen) atoms. The fourth-order valence-electron chi connectivity index (χ4n) is 2.51. The maximum Gasteiger partial charge on any atom is 0.261 e. The largest absolute Gasteiger partial charge is 0.496 e. The number of amides is 1. The van der Waals surface area contributed by atoms with Crippen molar-refractivity contribution >= 4 is 39.2 Å². The molecule has 0 aliphatic rings. The summed E-state index contributed by atoms with van der Waals surface area (Å²) in [5.74, 6) is 0.117. The van der Waals surface area contributed by atoms with Crippen molar-refractivity contribution in [2.24, 2.45) is 0 Å². The summed E-state index contributed by atoms with van der Waals surface area (Å²) < 4.78 is 6.02. The van der Waals surface area contributed by atoms with Crippen molar-refractivity contribution in [1.82, 2.24) is 10.2 Å². The molecular formula is C20H20BrN3O2S. The molecule has 0 bridgehead atoms. The molecule has 2 rings (SSSR count). The summed E-state index contributed by atoms with van der Waals surface area (Å²) >= 11 is 8.78. The Hall–Kier alpha value is -2.43. The number of carbonyl (C=O) groups is 1. The van der Waals surface area contributed by atoms with E-state index in [2.05, 4.69) is 27.3 Å². The van der Waals surface area contributed by atoms with E-state index in [-0.39, 0.29) is 5.91 Å². The first-order valence-corrected chi connectivity index (χ1v) is 9.60. The molecule has 2 aromatic carbocycles. The van der Waals surface area contributed by atoms with Gasteiger partial charge in [0.2, 0.25) is 0 Å². The third kappa shape index (κ3) is 6.35. The quantitative estimate of drug-likeness (QED) is 0.653. The minimum absolute atomic E-state index is 0.299. The first-order chi connectivity index (χ1) is 13.0. The number of benzene rings is 2. The standard InChI is InChI=1S/C20H20BrN3O2S/c1-26-18-9-8-16(21)14-17(18)19(25)23-20(27)24(12-5-11-22)13-10-15-6-3-2-4-7-15/h2-4,6-9,14H,5,10,12-13H2,1H3,(H,23,25,27). The highest BCUT2D eigenvalue weighted by Gasteiger charge is 2.17. The van der Waals surface area contributed by atoms with E-state index in [1.54, 1.807) is 18.2 Å². The fourth-order valence-corrected chi connectivity index (χ4v) is 3.15. The lowest BCUT2D eigenvalue weighted by molar-refractivity contribution is 0.0970. The second-order valence-electron chi connectivity index (χ2n) is 5.73. The first-order valence-electron chi connectivity index (χ1n) is 8.40. The van der Waals surface area contributed by atoms with Crippen LogP contribution in [0.25, 0.3) is 0 Å². The summed E-state index contributed by atoms with van der Waals surface area (Å²) in [5, 5.41) is 12.0. The van der Waals surface area contributed by atoms with E-state index in [0.29, 0.717) is 35.9 Å². The van der Waals surface area contributed by atoms with Crippen LogP contribution in [0, 0.1) is 11.3 Å². The number of carbonyl (C=O) groups excluding carboxylic acids is 1. The molecule has 2 aromatic rings. The highest BCUT2D eigenvalue weighted by atomic mass is 79.9. The molecule has 0 saturated carbocycles. The van der Waals surface area contributed by atoms with Crippen LogP contribution in [0.4, 0.5) is 0 Å². The second-order valence-corrected chi connectivity index (χ2v) is 7.04. The molecule has 0 radical (unpaired) electrons. The van der Waals surface area contributed by atoms with Crippen LogP contribution in [0.5, 0.6) is 5.75 Å². The average Bonchev–Trinajstić information content (AvgIpc) is 2.68. The number of halogens is 1. The van der Waals surface area contributed by atoms with E-state index in [1.807, 2.05) is 35.2 Å². The Morgan fingerprint density at radius 1 is 1.26 bits per heavy atom. The van der Waals surface area contributed by atoms with Crippen LogP contribution in [0.3, 0.4) is 0 Å². The third-order valence-electron chi connectivity index (χ3n) is 3.92. The Morgan fingerprint density at radius 3 is 2.67 bits per heavy atom. The van der Waals surface area contributed by atoms with Gasteiger partial charge in [0.1, 0.15) is 5.75 Å². The zero-order chi connectivity index (χ0) is 19.6. The molecule has 0 atom stereocenters. The van der Waals surface area contributed by atoms with Crippen LogP contribution in [0.2, 0.25) is 0 Å². The molecule has 0 aliphatic heterocycles. The van der Waals surface area contributed by atoms with Crippen molar-refractivity contribution in [3.05, 3.63) is 64.1 Å².